The number of pyridine rings is 1. The zero-order valence-electron chi connectivity index (χ0n) is 21.2. The average molecular weight is 521 g/mol. The summed E-state index contributed by atoms with van der Waals surface area (Å²) in [5.74, 6) is -2.48. The van der Waals surface area contributed by atoms with E-state index < -0.39 is 35.1 Å². The number of benzene rings is 1. The Morgan fingerprint density at radius 2 is 1.86 bits per heavy atom. The van der Waals surface area contributed by atoms with Crippen LogP contribution in [-0.4, -0.2) is 65.9 Å². The van der Waals surface area contributed by atoms with Gasteiger partial charge in [0.25, 0.3) is 5.91 Å². The van der Waals surface area contributed by atoms with Crippen LogP contribution in [0.25, 0.3) is 0 Å². The first-order valence-electron chi connectivity index (χ1n) is 12.5. The van der Waals surface area contributed by atoms with Crippen LogP contribution in [0, 0.1) is 17.2 Å². The minimum atomic E-state index is -4.72. The summed E-state index contributed by atoms with van der Waals surface area (Å²) in [7, 11) is 2.09. The molecule has 3 heterocycles. The lowest BCUT2D eigenvalue weighted by Crippen LogP contribution is -2.54. The standard InChI is InChI=1S/C27H32F4N4O2/c1-17(2)23(33-24(36)20-13-19(27(29,30)31)6-7-22(20)28)25(37)35-11-8-26(9-12-35)16-34(3)15-21(26)18-5-4-10-32-14-18/h4-7,10,13-14,17,21,23H,8-9,11-12,15-16H2,1-3H3,(H,33,36). The minimum Gasteiger partial charge on any atom is -0.341 e. The van der Waals surface area contributed by atoms with E-state index in [0.29, 0.717) is 37.2 Å². The average Bonchev–Trinajstić information content (AvgIpc) is 3.17. The van der Waals surface area contributed by atoms with Crippen molar-refractivity contribution < 1.29 is 27.2 Å². The van der Waals surface area contributed by atoms with Crippen molar-refractivity contribution in [2.45, 2.75) is 44.8 Å². The maximum atomic E-state index is 14.3. The first-order valence-corrected chi connectivity index (χ1v) is 12.5. The lowest BCUT2D eigenvalue weighted by molar-refractivity contribution is -0.138. The summed E-state index contributed by atoms with van der Waals surface area (Å²) in [6.45, 7) is 6.30. The van der Waals surface area contributed by atoms with E-state index in [2.05, 4.69) is 28.3 Å². The molecule has 1 aromatic heterocycles. The number of nitrogens with zero attached hydrogens (tertiary/aromatic N) is 3. The Balaban J connectivity index is 1.47. The summed E-state index contributed by atoms with van der Waals surface area (Å²) in [6.07, 6.45) is 0.497. The first kappa shape index (κ1) is 27.0. The molecule has 6 nitrogen and oxygen atoms in total. The number of carbonyl (C=O) groups is 2. The molecule has 2 atom stereocenters. The topological polar surface area (TPSA) is 65.5 Å². The van der Waals surface area contributed by atoms with E-state index in [4.69, 9.17) is 0 Å². The van der Waals surface area contributed by atoms with Gasteiger partial charge in [-0.2, -0.15) is 13.2 Å². The third-order valence-corrected chi connectivity index (χ3v) is 7.73. The van der Waals surface area contributed by atoms with E-state index in [9.17, 15) is 27.2 Å². The molecule has 2 fully saturated rings. The molecule has 37 heavy (non-hydrogen) atoms. The van der Waals surface area contributed by atoms with Crippen LogP contribution >= 0.6 is 0 Å². The molecule has 1 spiro atoms. The molecule has 0 aliphatic carbocycles. The number of amides is 2. The third-order valence-electron chi connectivity index (χ3n) is 7.73. The molecule has 4 rings (SSSR count). The Bertz CT molecular complexity index is 1130. The number of hydrogen-bond donors (Lipinski definition) is 1. The smallest absolute Gasteiger partial charge is 0.341 e. The molecule has 0 radical (unpaired) electrons. The normalized spacial score (nSPS) is 20.9. The summed E-state index contributed by atoms with van der Waals surface area (Å²) in [6, 6.07) is 4.71. The van der Waals surface area contributed by atoms with Crippen LogP contribution < -0.4 is 5.32 Å². The van der Waals surface area contributed by atoms with Crippen molar-refractivity contribution in [2.24, 2.45) is 11.3 Å². The number of likely N-dealkylation sites (N-methyl/N-ethyl adjacent to an activating group) is 1. The fourth-order valence-corrected chi connectivity index (χ4v) is 5.74. The first-order chi connectivity index (χ1) is 17.4. The molecule has 10 heteroatoms. The van der Waals surface area contributed by atoms with Crippen molar-refractivity contribution in [3.63, 3.8) is 0 Å². The molecule has 2 saturated heterocycles. The second kappa shape index (κ2) is 10.4. The molecule has 2 aliphatic heterocycles. The number of carbonyl (C=O) groups excluding carboxylic acids is 2. The summed E-state index contributed by atoms with van der Waals surface area (Å²) in [4.78, 5) is 34.5. The quantitative estimate of drug-likeness (QED) is 0.596. The van der Waals surface area contributed by atoms with Gasteiger partial charge in [0.05, 0.1) is 11.1 Å². The number of alkyl halides is 3. The Kier molecular flexibility index (Phi) is 7.60. The number of hydrogen-bond acceptors (Lipinski definition) is 4. The fourth-order valence-electron chi connectivity index (χ4n) is 5.74. The molecule has 1 N–H and O–H groups in total. The molecule has 2 aromatic rings. The van der Waals surface area contributed by atoms with Crippen molar-refractivity contribution in [3.05, 3.63) is 65.2 Å². The van der Waals surface area contributed by atoms with Crippen LogP contribution in [0.2, 0.25) is 0 Å². The number of piperidine rings is 1. The summed E-state index contributed by atoms with van der Waals surface area (Å²) in [5, 5.41) is 2.50. The van der Waals surface area contributed by atoms with Gasteiger partial charge in [-0.3, -0.25) is 14.6 Å². The largest absolute Gasteiger partial charge is 0.416 e. The summed E-state index contributed by atoms with van der Waals surface area (Å²) in [5.41, 5.74) is -0.675. The van der Waals surface area contributed by atoms with Crippen LogP contribution in [-0.2, 0) is 11.0 Å². The lowest BCUT2D eigenvalue weighted by atomic mass is 9.68. The van der Waals surface area contributed by atoms with Crippen molar-refractivity contribution in [1.29, 1.82) is 0 Å². The van der Waals surface area contributed by atoms with Gasteiger partial charge in [0.2, 0.25) is 5.91 Å². The highest BCUT2D eigenvalue weighted by atomic mass is 19.4. The van der Waals surface area contributed by atoms with E-state index in [1.807, 2.05) is 12.3 Å². The zero-order chi connectivity index (χ0) is 27.0. The molecular weight excluding hydrogens is 488 g/mol. The molecule has 2 amide bonds. The van der Waals surface area contributed by atoms with Gasteiger partial charge in [-0.15, -0.1) is 0 Å². The monoisotopic (exact) mass is 520 g/mol. The maximum absolute atomic E-state index is 14.3. The van der Waals surface area contributed by atoms with Gasteiger partial charge in [0.15, 0.2) is 0 Å². The Morgan fingerprint density at radius 1 is 1.16 bits per heavy atom. The Labute approximate surface area is 214 Å². The minimum absolute atomic E-state index is 0.00625. The number of aromatic nitrogens is 1. The van der Waals surface area contributed by atoms with Gasteiger partial charge in [-0.25, -0.2) is 4.39 Å². The van der Waals surface area contributed by atoms with E-state index in [1.165, 1.54) is 5.56 Å². The highest BCUT2D eigenvalue weighted by Gasteiger charge is 2.48. The zero-order valence-corrected chi connectivity index (χ0v) is 21.2. The number of halogens is 4. The van der Waals surface area contributed by atoms with Crippen LogP contribution in [0.1, 0.15) is 54.1 Å². The summed E-state index contributed by atoms with van der Waals surface area (Å²) >= 11 is 0. The number of rotatable bonds is 5. The fraction of sp³-hybridized carbons (Fsp3) is 0.519. The maximum Gasteiger partial charge on any atom is 0.416 e. The Hall–Kier alpha value is -3.01. The highest BCUT2D eigenvalue weighted by Crippen LogP contribution is 2.49. The van der Waals surface area contributed by atoms with Gasteiger partial charge in [-0.1, -0.05) is 19.9 Å². The predicted octanol–water partition coefficient (Wildman–Crippen LogP) is 4.33. The van der Waals surface area contributed by atoms with Crippen LogP contribution in [0.3, 0.4) is 0 Å². The van der Waals surface area contributed by atoms with Crippen LogP contribution in [0.15, 0.2) is 42.7 Å². The van der Waals surface area contributed by atoms with Crippen molar-refractivity contribution in [3.8, 4) is 0 Å². The van der Waals surface area contributed by atoms with E-state index in [0.717, 1.165) is 25.9 Å². The van der Waals surface area contributed by atoms with Gasteiger partial charge in [-0.05, 0) is 61.1 Å². The van der Waals surface area contributed by atoms with Crippen LogP contribution in [0.5, 0.6) is 0 Å². The van der Waals surface area contributed by atoms with Gasteiger partial charge >= 0.3 is 6.18 Å². The van der Waals surface area contributed by atoms with Crippen molar-refractivity contribution in [1.82, 2.24) is 20.1 Å². The summed E-state index contributed by atoms with van der Waals surface area (Å²) < 4.78 is 53.5. The predicted molar refractivity (Wildman–Crippen MR) is 130 cm³/mol. The molecule has 0 bridgehead atoms. The molecule has 200 valence electrons. The SMILES string of the molecule is CC(C)C(NC(=O)c1cc(C(F)(F)F)ccc1F)C(=O)N1CCC2(CC1)CN(C)CC2c1cccnc1. The Morgan fingerprint density at radius 3 is 2.46 bits per heavy atom. The molecule has 1 aromatic carbocycles. The van der Waals surface area contributed by atoms with E-state index >= 15 is 0 Å². The molecule has 2 unspecified atom stereocenters. The molecule has 2 aliphatic rings. The second-order valence-corrected chi connectivity index (χ2v) is 10.6. The van der Waals surface area contributed by atoms with E-state index in [-0.39, 0.29) is 17.2 Å². The van der Waals surface area contributed by atoms with Gasteiger partial charge in [0.1, 0.15) is 11.9 Å². The third kappa shape index (κ3) is 5.63. The number of likely N-dealkylation sites (tertiary alicyclic amines) is 2. The molecule has 0 saturated carbocycles. The van der Waals surface area contributed by atoms with Crippen molar-refractivity contribution in [2.75, 3.05) is 33.2 Å². The van der Waals surface area contributed by atoms with Gasteiger partial charge < -0.3 is 15.1 Å². The number of nitrogens with one attached hydrogen (secondary N) is 1. The molecular formula is C27H32F4N4O2. The second-order valence-electron chi connectivity index (χ2n) is 10.6. The van der Waals surface area contributed by atoms with Crippen LogP contribution in [0.4, 0.5) is 17.6 Å². The van der Waals surface area contributed by atoms with E-state index in [1.54, 1.807) is 24.9 Å². The van der Waals surface area contributed by atoms with Crippen molar-refractivity contribution >= 4 is 11.8 Å². The highest BCUT2D eigenvalue weighted by molar-refractivity contribution is 5.98. The van der Waals surface area contributed by atoms with Gasteiger partial charge in [0, 0.05) is 44.5 Å². The lowest BCUT2D eigenvalue weighted by Gasteiger charge is -2.44.